The Labute approximate surface area is 359 Å². The highest BCUT2D eigenvalue weighted by Gasteiger charge is 2.44. The molecule has 0 spiro atoms. The van der Waals surface area contributed by atoms with E-state index in [1.165, 1.54) is 28.4 Å². The van der Waals surface area contributed by atoms with Crippen molar-refractivity contribution in [3.63, 3.8) is 0 Å². The number of ether oxygens (including phenoxy) is 5. The highest BCUT2D eigenvalue weighted by Crippen LogP contribution is 2.44. The van der Waals surface area contributed by atoms with Gasteiger partial charge in [-0.15, -0.1) is 0 Å². The Balaban J connectivity index is 1.04. The van der Waals surface area contributed by atoms with Crippen LogP contribution in [-0.2, 0) is 35.1 Å². The van der Waals surface area contributed by atoms with Crippen LogP contribution in [0.2, 0.25) is 0 Å². The Kier molecular flexibility index (Phi) is 11.8. The highest BCUT2D eigenvalue weighted by molar-refractivity contribution is 6.07. The maximum absolute atomic E-state index is 14.0. The normalized spacial score (nSPS) is 21.4. The van der Waals surface area contributed by atoms with Crippen molar-refractivity contribution in [2.45, 2.75) is 108 Å². The zero-order valence-electron chi connectivity index (χ0n) is 36.2. The number of alkyl carbamates (subject to hydrolysis) is 2. The molecule has 2 fully saturated rings. The van der Waals surface area contributed by atoms with Crippen LogP contribution in [0.15, 0.2) is 48.7 Å². The number of nitrogens with zero attached hydrogens (tertiary/aromatic N) is 4. The number of likely N-dealkylation sites (tertiary alicyclic amines) is 2. The topological polar surface area (TPSA) is 202 Å². The summed E-state index contributed by atoms with van der Waals surface area (Å²) in [5.74, 6) is 1.57. The van der Waals surface area contributed by atoms with Crippen molar-refractivity contribution in [3.05, 3.63) is 65.9 Å². The fourth-order valence-electron chi connectivity index (χ4n) is 9.26. The average Bonchev–Trinajstić information content (AvgIpc) is 4.11. The number of H-pyrrole nitrogens is 2. The summed E-state index contributed by atoms with van der Waals surface area (Å²) < 4.78 is 27.0. The first-order valence-corrected chi connectivity index (χ1v) is 21.0. The number of amides is 4. The molecule has 2 saturated heterocycles. The molecular formula is C45H54N8O9. The molecule has 4 N–H and O–H groups in total. The number of fused-ring (bicyclic) bond motifs is 6. The van der Waals surface area contributed by atoms with Gasteiger partial charge in [-0.1, -0.05) is 18.2 Å². The first kappa shape index (κ1) is 42.5. The van der Waals surface area contributed by atoms with E-state index in [9.17, 15) is 19.2 Å². The van der Waals surface area contributed by atoms with Crippen LogP contribution in [0.5, 0.6) is 5.75 Å². The number of rotatable bonds is 11. The lowest BCUT2D eigenvalue weighted by atomic mass is 9.92. The predicted molar refractivity (Wildman–Crippen MR) is 229 cm³/mol. The second-order valence-corrected chi connectivity index (χ2v) is 16.5. The molecule has 3 aliphatic rings. The summed E-state index contributed by atoms with van der Waals surface area (Å²) in [6.45, 7) is 7.84. The predicted octanol–water partition coefficient (Wildman–Crippen LogP) is 6.29. The van der Waals surface area contributed by atoms with E-state index < -0.39 is 36.5 Å². The van der Waals surface area contributed by atoms with Crippen LogP contribution in [0.4, 0.5) is 9.59 Å². The molecule has 0 aliphatic carbocycles. The number of hydrogen-bond acceptors (Lipinski definition) is 11. The van der Waals surface area contributed by atoms with E-state index >= 15 is 0 Å². The van der Waals surface area contributed by atoms with Gasteiger partial charge in [0, 0.05) is 37.3 Å². The van der Waals surface area contributed by atoms with Crippen LogP contribution in [-0.4, -0.2) is 119 Å². The van der Waals surface area contributed by atoms with E-state index in [2.05, 4.69) is 57.0 Å². The molecule has 17 nitrogen and oxygen atoms in total. The van der Waals surface area contributed by atoms with E-state index in [0.29, 0.717) is 31.1 Å². The second kappa shape index (κ2) is 17.3. The molecule has 62 heavy (non-hydrogen) atoms. The van der Waals surface area contributed by atoms with Gasteiger partial charge in [-0.05, 0) is 99.7 Å². The molecule has 0 unspecified atom stereocenters. The van der Waals surface area contributed by atoms with E-state index in [-0.39, 0.29) is 36.0 Å². The zero-order valence-corrected chi connectivity index (χ0v) is 36.2. The molecule has 8 rings (SSSR count). The van der Waals surface area contributed by atoms with Gasteiger partial charge in [-0.3, -0.25) is 9.59 Å². The van der Waals surface area contributed by atoms with Gasteiger partial charge in [0.05, 0.1) is 61.4 Å². The molecule has 0 saturated carbocycles. The van der Waals surface area contributed by atoms with Crippen molar-refractivity contribution < 1.29 is 42.9 Å². The third-order valence-corrected chi connectivity index (χ3v) is 12.9. The number of methoxy groups -OCH3 is 4. The minimum absolute atomic E-state index is 0.0748. The minimum Gasteiger partial charge on any atom is -0.488 e. The van der Waals surface area contributed by atoms with E-state index in [1.54, 1.807) is 29.8 Å². The van der Waals surface area contributed by atoms with Crippen molar-refractivity contribution >= 4 is 45.8 Å². The molecule has 3 aromatic carbocycles. The quantitative estimate of drug-likeness (QED) is 0.116. The Morgan fingerprint density at radius 2 is 1.37 bits per heavy atom. The summed E-state index contributed by atoms with van der Waals surface area (Å²) in [6, 6.07) is 11.8. The van der Waals surface area contributed by atoms with Gasteiger partial charge in [0.2, 0.25) is 11.8 Å². The number of aromatic amines is 2. The van der Waals surface area contributed by atoms with Gasteiger partial charge in [0.15, 0.2) is 0 Å². The molecule has 5 aromatic rings. The summed E-state index contributed by atoms with van der Waals surface area (Å²) in [5.41, 5.74) is 6.43. The molecule has 0 bridgehead atoms. The van der Waals surface area contributed by atoms with E-state index in [1.807, 2.05) is 19.9 Å². The first-order valence-electron chi connectivity index (χ1n) is 21.0. The Bertz CT molecular complexity index is 2520. The fraction of sp³-hybridized carbons (Fsp3) is 0.467. The van der Waals surface area contributed by atoms with Crippen LogP contribution < -0.4 is 15.4 Å². The van der Waals surface area contributed by atoms with Crippen molar-refractivity contribution in [2.75, 3.05) is 28.4 Å². The van der Waals surface area contributed by atoms with Crippen LogP contribution in [0.3, 0.4) is 0 Å². The number of nitrogens with one attached hydrogen (secondary N) is 4. The van der Waals surface area contributed by atoms with Gasteiger partial charge in [0.25, 0.3) is 0 Å². The summed E-state index contributed by atoms with van der Waals surface area (Å²) in [5, 5.41) is 7.26. The standard InChI is InChI=1S/C45H54N8O9/c1-22-9-15-34(52(22)42(54)37(24(3)58-5)50-44(56)60-7)40-46-20-33(48-40)27-11-13-29-28(17-27)21-62-36-19-30-26(18-31(29)36)12-14-32-39(30)49-41(47-32)35-16-10-23(2)53(35)43(55)38(25(4)59-6)51-45(57)61-8/h11-14,17-20,22-25,34-35,37-38H,9-10,15-16,21H2,1-8H3,(H,46,48)(H,47,49)(H,50,56)(H,51,57)/t22-,23-,24-,25-,34-,35-,37-,38-/m0/s1. The van der Waals surface area contributed by atoms with Crippen LogP contribution >= 0.6 is 0 Å². The van der Waals surface area contributed by atoms with Crippen molar-refractivity contribution in [3.8, 4) is 28.1 Å². The molecule has 0 radical (unpaired) electrons. The smallest absolute Gasteiger partial charge is 0.407 e. The summed E-state index contributed by atoms with van der Waals surface area (Å²) in [7, 11) is 5.52. The molecule has 8 atom stereocenters. The van der Waals surface area contributed by atoms with E-state index in [0.717, 1.165) is 68.3 Å². The Morgan fingerprint density at radius 3 is 1.97 bits per heavy atom. The van der Waals surface area contributed by atoms with Crippen molar-refractivity contribution in [2.24, 2.45) is 0 Å². The number of hydrogen-bond donors (Lipinski definition) is 4. The fourth-order valence-corrected chi connectivity index (χ4v) is 9.26. The SMILES string of the molecule is COC(=O)N[C@H](C(=O)N1[C@@H](C)CC[C@H]1c1ncc(-c2ccc3c(c2)COc2cc4c(ccc5nc([C@@H]6CC[C@H](C)N6C(=O)[C@@H](NC(=O)OC)[C@H](C)OC)[nH]c54)cc2-3)[nH]1)[C@H](C)OC. The van der Waals surface area contributed by atoms with Crippen LogP contribution in [0, 0.1) is 0 Å². The second-order valence-electron chi connectivity index (χ2n) is 16.5. The number of benzene rings is 3. The Hall–Kier alpha value is -6.20. The van der Waals surface area contributed by atoms with Crippen LogP contribution in [0.25, 0.3) is 44.2 Å². The lowest BCUT2D eigenvalue weighted by Gasteiger charge is -2.33. The molecule has 5 heterocycles. The molecular weight excluding hydrogens is 797 g/mol. The number of aromatic nitrogens is 4. The van der Waals surface area contributed by atoms with Crippen LogP contribution in [0.1, 0.15) is 82.7 Å². The third-order valence-electron chi connectivity index (χ3n) is 12.9. The molecule has 2 aromatic heterocycles. The van der Waals surface area contributed by atoms with Gasteiger partial charge >= 0.3 is 12.2 Å². The number of imidazole rings is 2. The van der Waals surface area contributed by atoms with Gasteiger partial charge < -0.3 is 54.1 Å². The summed E-state index contributed by atoms with van der Waals surface area (Å²) >= 11 is 0. The van der Waals surface area contributed by atoms with E-state index in [4.69, 9.17) is 33.7 Å². The highest BCUT2D eigenvalue weighted by atomic mass is 16.5. The van der Waals surface area contributed by atoms with Crippen molar-refractivity contribution in [1.82, 2.24) is 40.4 Å². The minimum atomic E-state index is -0.938. The summed E-state index contributed by atoms with van der Waals surface area (Å²) in [4.78, 5) is 72.7. The van der Waals surface area contributed by atoms with Gasteiger partial charge in [-0.25, -0.2) is 19.6 Å². The van der Waals surface area contributed by atoms with Crippen molar-refractivity contribution in [1.29, 1.82) is 0 Å². The molecule has 328 valence electrons. The molecule has 4 amide bonds. The zero-order chi connectivity index (χ0) is 44.0. The third kappa shape index (κ3) is 7.67. The maximum atomic E-state index is 14.0. The van der Waals surface area contributed by atoms with Gasteiger partial charge in [0.1, 0.15) is 36.1 Å². The molecule has 3 aliphatic heterocycles. The first-order chi connectivity index (χ1) is 29.8. The summed E-state index contributed by atoms with van der Waals surface area (Å²) in [6.07, 6.45) is 2.18. The number of carbonyl (C=O) groups excluding carboxylic acids is 4. The largest absolute Gasteiger partial charge is 0.488 e. The maximum Gasteiger partial charge on any atom is 0.407 e. The monoisotopic (exact) mass is 850 g/mol. The Morgan fingerprint density at radius 1 is 0.758 bits per heavy atom. The van der Waals surface area contributed by atoms with Gasteiger partial charge in [-0.2, -0.15) is 0 Å². The molecule has 17 heteroatoms. The lowest BCUT2D eigenvalue weighted by molar-refractivity contribution is -0.140. The average molecular weight is 851 g/mol. The lowest BCUT2D eigenvalue weighted by Crippen LogP contribution is -2.55. The number of carbonyl (C=O) groups is 4.